The number of hydrogen-bond acceptors (Lipinski definition) is 6. The van der Waals surface area contributed by atoms with Crippen LogP contribution in [0.3, 0.4) is 0 Å². The summed E-state index contributed by atoms with van der Waals surface area (Å²) in [5.41, 5.74) is 2.28. The smallest absolute Gasteiger partial charge is 0.249 e. The lowest BCUT2D eigenvalue weighted by Crippen LogP contribution is -2.20. The van der Waals surface area contributed by atoms with Crippen molar-refractivity contribution in [2.45, 2.75) is 25.7 Å². The Morgan fingerprint density at radius 2 is 1.48 bits per heavy atom. The molecule has 1 N–H and O–H groups in total. The molecule has 23 heavy (non-hydrogen) atoms. The molecule has 2 saturated heterocycles. The van der Waals surface area contributed by atoms with Gasteiger partial charge < -0.3 is 15.1 Å². The Hall–Kier alpha value is -2.37. The Labute approximate surface area is 136 Å². The predicted molar refractivity (Wildman–Crippen MR) is 92.4 cm³/mol. The van der Waals surface area contributed by atoms with Crippen LogP contribution >= 0.6 is 0 Å². The van der Waals surface area contributed by atoms with Gasteiger partial charge >= 0.3 is 0 Å². The predicted octanol–water partition coefficient (Wildman–Crippen LogP) is 2.82. The number of nitrogens with zero attached hydrogens (tertiary/aromatic N) is 5. The van der Waals surface area contributed by atoms with Crippen LogP contribution < -0.4 is 15.1 Å². The van der Waals surface area contributed by atoms with Gasteiger partial charge in [0.25, 0.3) is 0 Å². The normalized spacial score (nSPS) is 17.7. The standard InChI is InChI=1S/C17H22N6/c1-2-10-22(9-1)15-7-5-14(6-8-15)19-17-20-16(13-18-21-17)23-11-3-4-12-23/h5-8,13H,1-4,9-12H2,(H,19,20,21). The van der Waals surface area contributed by atoms with E-state index in [1.165, 1.54) is 31.4 Å². The lowest BCUT2D eigenvalue weighted by molar-refractivity contribution is 0.890. The molecule has 120 valence electrons. The molecule has 0 atom stereocenters. The van der Waals surface area contributed by atoms with Crippen molar-refractivity contribution in [3.8, 4) is 0 Å². The highest BCUT2D eigenvalue weighted by atomic mass is 15.3. The Bertz CT molecular complexity index is 644. The maximum Gasteiger partial charge on any atom is 0.249 e. The molecule has 4 rings (SSSR count). The zero-order valence-electron chi connectivity index (χ0n) is 13.3. The molecule has 0 bridgehead atoms. The minimum atomic E-state index is 0.559. The number of hydrogen-bond donors (Lipinski definition) is 1. The van der Waals surface area contributed by atoms with Crippen LogP contribution in [0.5, 0.6) is 0 Å². The molecule has 1 aromatic carbocycles. The van der Waals surface area contributed by atoms with Gasteiger partial charge in [-0.3, -0.25) is 0 Å². The second-order valence-electron chi connectivity index (χ2n) is 6.20. The van der Waals surface area contributed by atoms with Crippen LogP contribution in [0.4, 0.5) is 23.1 Å². The summed E-state index contributed by atoms with van der Waals surface area (Å²) in [6.07, 6.45) is 6.79. The average Bonchev–Trinajstić information content (AvgIpc) is 3.30. The maximum absolute atomic E-state index is 4.58. The second kappa shape index (κ2) is 6.40. The van der Waals surface area contributed by atoms with Gasteiger partial charge in [0.15, 0.2) is 5.82 Å². The number of rotatable bonds is 4. The Balaban J connectivity index is 1.46. The van der Waals surface area contributed by atoms with Crippen molar-refractivity contribution in [1.82, 2.24) is 15.2 Å². The van der Waals surface area contributed by atoms with Crippen LogP contribution in [0.25, 0.3) is 0 Å². The van der Waals surface area contributed by atoms with Gasteiger partial charge in [-0.25, -0.2) is 0 Å². The fourth-order valence-corrected chi connectivity index (χ4v) is 3.31. The molecule has 6 nitrogen and oxygen atoms in total. The van der Waals surface area contributed by atoms with E-state index in [0.717, 1.165) is 37.7 Å². The first kappa shape index (κ1) is 14.2. The van der Waals surface area contributed by atoms with Crippen molar-refractivity contribution in [2.75, 3.05) is 41.3 Å². The Morgan fingerprint density at radius 3 is 2.17 bits per heavy atom. The summed E-state index contributed by atoms with van der Waals surface area (Å²) >= 11 is 0. The van der Waals surface area contributed by atoms with E-state index < -0.39 is 0 Å². The fraction of sp³-hybridized carbons (Fsp3) is 0.471. The van der Waals surface area contributed by atoms with Gasteiger partial charge in [0.1, 0.15) is 0 Å². The third kappa shape index (κ3) is 3.21. The van der Waals surface area contributed by atoms with Crippen LogP contribution in [0.1, 0.15) is 25.7 Å². The highest BCUT2D eigenvalue weighted by Crippen LogP contribution is 2.23. The van der Waals surface area contributed by atoms with Crippen LogP contribution in [0.15, 0.2) is 30.5 Å². The van der Waals surface area contributed by atoms with Crippen LogP contribution in [0.2, 0.25) is 0 Å². The minimum Gasteiger partial charge on any atom is -0.372 e. The summed E-state index contributed by atoms with van der Waals surface area (Å²) in [5, 5.41) is 11.4. The van der Waals surface area contributed by atoms with Gasteiger partial charge in [-0.1, -0.05) is 0 Å². The van der Waals surface area contributed by atoms with Crippen LogP contribution in [-0.2, 0) is 0 Å². The monoisotopic (exact) mass is 310 g/mol. The number of anilines is 4. The van der Waals surface area contributed by atoms with Crippen molar-refractivity contribution < 1.29 is 0 Å². The number of nitrogens with one attached hydrogen (secondary N) is 1. The average molecular weight is 310 g/mol. The van der Waals surface area contributed by atoms with Gasteiger partial charge in [-0.15, -0.1) is 5.10 Å². The first-order chi connectivity index (χ1) is 11.4. The molecule has 2 fully saturated rings. The first-order valence-corrected chi connectivity index (χ1v) is 8.45. The third-order valence-electron chi connectivity index (χ3n) is 4.57. The van der Waals surface area contributed by atoms with Crippen LogP contribution in [-0.4, -0.2) is 41.4 Å². The minimum absolute atomic E-state index is 0.559. The molecule has 2 aromatic rings. The molecule has 0 saturated carbocycles. The summed E-state index contributed by atoms with van der Waals surface area (Å²) in [6, 6.07) is 8.48. The third-order valence-corrected chi connectivity index (χ3v) is 4.57. The molecule has 1 aromatic heterocycles. The van der Waals surface area contributed by atoms with E-state index >= 15 is 0 Å². The zero-order chi connectivity index (χ0) is 15.5. The van der Waals surface area contributed by atoms with Crippen LogP contribution in [0, 0.1) is 0 Å². The molecule has 6 heteroatoms. The van der Waals surface area contributed by atoms with Crippen molar-refractivity contribution in [2.24, 2.45) is 0 Å². The molecule has 2 aliphatic rings. The molecule has 3 heterocycles. The fourth-order valence-electron chi connectivity index (χ4n) is 3.31. The highest BCUT2D eigenvalue weighted by molar-refractivity contribution is 5.60. The number of aromatic nitrogens is 3. The lowest BCUT2D eigenvalue weighted by Gasteiger charge is -2.18. The first-order valence-electron chi connectivity index (χ1n) is 8.45. The van der Waals surface area contributed by atoms with Gasteiger partial charge in [0.05, 0.1) is 6.20 Å². The van der Waals surface area contributed by atoms with E-state index in [-0.39, 0.29) is 0 Å². The van der Waals surface area contributed by atoms with Gasteiger partial charge in [0.2, 0.25) is 5.95 Å². The summed E-state index contributed by atoms with van der Waals surface area (Å²) in [5.74, 6) is 1.47. The van der Waals surface area contributed by atoms with Gasteiger partial charge in [0, 0.05) is 37.6 Å². The van der Waals surface area contributed by atoms with Crippen molar-refractivity contribution in [3.63, 3.8) is 0 Å². The Morgan fingerprint density at radius 1 is 0.826 bits per heavy atom. The second-order valence-corrected chi connectivity index (χ2v) is 6.20. The summed E-state index contributed by atoms with van der Waals surface area (Å²) in [7, 11) is 0. The summed E-state index contributed by atoms with van der Waals surface area (Å²) in [4.78, 5) is 9.27. The molecule has 0 amide bonds. The highest BCUT2D eigenvalue weighted by Gasteiger charge is 2.15. The Kier molecular flexibility index (Phi) is 3.96. The van der Waals surface area contributed by atoms with Crippen molar-refractivity contribution in [1.29, 1.82) is 0 Å². The molecular weight excluding hydrogens is 288 g/mol. The van der Waals surface area contributed by atoms with Crippen molar-refractivity contribution in [3.05, 3.63) is 30.5 Å². The molecule has 0 unspecified atom stereocenters. The molecule has 2 aliphatic heterocycles. The van der Waals surface area contributed by atoms with E-state index in [0.29, 0.717) is 5.95 Å². The molecule has 0 spiro atoms. The quantitative estimate of drug-likeness (QED) is 0.937. The molecule has 0 radical (unpaired) electrons. The van der Waals surface area contributed by atoms with Gasteiger partial charge in [-0.05, 0) is 49.9 Å². The number of benzene rings is 1. The zero-order valence-corrected chi connectivity index (χ0v) is 13.3. The lowest BCUT2D eigenvalue weighted by atomic mass is 10.2. The van der Waals surface area contributed by atoms with E-state index in [1.54, 1.807) is 6.20 Å². The van der Waals surface area contributed by atoms with E-state index in [9.17, 15) is 0 Å². The summed E-state index contributed by atoms with van der Waals surface area (Å²) < 4.78 is 0. The van der Waals surface area contributed by atoms with Gasteiger partial charge in [-0.2, -0.15) is 10.1 Å². The molecule has 0 aliphatic carbocycles. The largest absolute Gasteiger partial charge is 0.372 e. The SMILES string of the molecule is c1cc(N2CCCC2)ccc1Nc1nncc(N2CCCC2)n1. The summed E-state index contributed by atoms with van der Waals surface area (Å²) in [6.45, 7) is 4.45. The topological polar surface area (TPSA) is 57.2 Å². The van der Waals surface area contributed by atoms with E-state index in [1.807, 2.05) is 0 Å². The van der Waals surface area contributed by atoms with E-state index in [4.69, 9.17) is 0 Å². The van der Waals surface area contributed by atoms with Crippen molar-refractivity contribution >= 4 is 23.1 Å². The van der Waals surface area contributed by atoms with E-state index in [2.05, 4.69) is 54.6 Å². The molecular formula is C17H22N6. The maximum atomic E-state index is 4.58.